The van der Waals surface area contributed by atoms with Crippen LogP contribution < -0.4 is 4.90 Å². The highest BCUT2D eigenvalue weighted by molar-refractivity contribution is 5.88. The number of hydrogen-bond donors (Lipinski definition) is 0. The summed E-state index contributed by atoms with van der Waals surface area (Å²) in [7, 11) is 0. The van der Waals surface area contributed by atoms with Crippen LogP contribution in [-0.2, 0) is 19.1 Å². The maximum Gasteiger partial charge on any atom is 0.338 e. The van der Waals surface area contributed by atoms with Crippen LogP contribution in [0.2, 0.25) is 0 Å². The number of carbonyl (C=O) groups excluding carboxylic acids is 2. The lowest BCUT2D eigenvalue weighted by Crippen LogP contribution is -2.57. The number of cyclic esters (lactones) is 1. The number of ether oxygens (including phenoxy) is 2. The van der Waals surface area contributed by atoms with E-state index in [9.17, 15) is 9.59 Å². The summed E-state index contributed by atoms with van der Waals surface area (Å²) in [6.07, 6.45) is 1.43. The third kappa shape index (κ3) is 4.42. The van der Waals surface area contributed by atoms with Crippen molar-refractivity contribution in [3.8, 4) is 0 Å². The topological polar surface area (TPSA) is 72.2 Å². The largest absolute Gasteiger partial charge is 0.464 e. The van der Waals surface area contributed by atoms with Gasteiger partial charge in [-0.2, -0.15) is 0 Å². The number of esters is 1. The zero-order valence-corrected chi connectivity index (χ0v) is 19.0. The van der Waals surface area contributed by atoms with E-state index in [4.69, 9.17) is 13.9 Å². The molecule has 0 saturated carbocycles. The van der Waals surface area contributed by atoms with E-state index >= 15 is 0 Å². The highest BCUT2D eigenvalue weighted by Crippen LogP contribution is 2.33. The fraction of sp³-hybridized carbons (Fsp3) is 0.583. The van der Waals surface area contributed by atoms with Gasteiger partial charge in [-0.05, 0) is 43.5 Å². The van der Waals surface area contributed by atoms with Gasteiger partial charge in [0, 0.05) is 50.6 Å². The first-order valence-corrected chi connectivity index (χ1v) is 11.1. The number of carbonyl (C=O) groups is 2. The Morgan fingerprint density at radius 3 is 2.65 bits per heavy atom. The smallest absolute Gasteiger partial charge is 0.338 e. The Morgan fingerprint density at radius 1 is 1.23 bits per heavy atom. The number of anilines is 1. The van der Waals surface area contributed by atoms with Crippen LogP contribution in [0.15, 0.2) is 34.9 Å². The number of fused-ring (bicyclic) bond motifs is 1. The first-order chi connectivity index (χ1) is 14.6. The minimum Gasteiger partial charge on any atom is -0.464 e. The molecule has 3 atom stereocenters. The number of piperazine rings is 1. The van der Waals surface area contributed by atoms with Gasteiger partial charge in [-0.3, -0.25) is 4.79 Å². The third-order valence-electron chi connectivity index (χ3n) is 6.11. The second kappa shape index (κ2) is 8.19. The lowest BCUT2D eigenvalue weighted by molar-refractivity contribution is -0.163. The highest BCUT2D eigenvalue weighted by atomic mass is 16.8. The minimum atomic E-state index is -0.993. The van der Waals surface area contributed by atoms with E-state index < -0.39 is 23.8 Å². The number of furan rings is 1. The number of hydrogen-bond acceptors (Lipinski definition) is 6. The molecule has 31 heavy (non-hydrogen) atoms. The number of benzene rings is 1. The number of amides is 1. The van der Waals surface area contributed by atoms with Crippen molar-refractivity contribution in [3.05, 3.63) is 30.5 Å². The van der Waals surface area contributed by atoms with Crippen LogP contribution in [0.5, 0.6) is 0 Å². The van der Waals surface area contributed by atoms with Gasteiger partial charge in [-0.15, -0.1) is 0 Å². The van der Waals surface area contributed by atoms with Crippen molar-refractivity contribution in [1.29, 1.82) is 0 Å². The number of nitrogens with zero attached hydrogens (tertiary/aromatic N) is 2. The Kier molecular flexibility index (Phi) is 5.73. The van der Waals surface area contributed by atoms with Crippen LogP contribution in [0.4, 0.5) is 5.69 Å². The average molecular weight is 429 g/mol. The van der Waals surface area contributed by atoms with E-state index in [1.807, 2.05) is 17.0 Å². The second-order valence-corrected chi connectivity index (χ2v) is 9.56. The Morgan fingerprint density at radius 2 is 2.00 bits per heavy atom. The Hall–Kier alpha value is -2.54. The van der Waals surface area contributed by atoms with E-state index in [1.54, 1.807) is 20.1 Å². The fourth-order valence-corrected chi connectivity index (χ4v) is 4.67. The molecule has 0 unspecified atom stereocenters. The molecule has 0 bridgehead atoms. The predicted molar refractivity (Wildman–Crippen MR) is 118 cm³/mol. The molecule has 1 aromatic carbocycles. The molecule has 2 aliphatic rings. The van der Waals surface area contributed by atoms with E-state index in [-0.39, 0.29) is 17.9 Å². The van der Waals surface area contributed by atoms with Crippen molar-refractivity contribution in [2.45, 2.75) is 59.0 Å². The van der Waals surface area contributed by atoms with Crippen molar-refractivity contribution < 1.29 is 23.5 Å². The molecule has 2 fully saturated rings. The quantitative estimate of drug-likeness (QED) is 0.675. The lowest BCUT2D eigenvalue weighted by atomic mass is 9.90. The maximum atomic E-state index is 13.6. The molecule has 0 N–H and O–H groups in total. The fourth-order valence-electron chi connectivity index (χ4n) is 4.67. The van der Waals surface area contributed by atoms with Gasteiger partial charge in [0.15, 0.2) is 6.10 Å². The average Bonchev–Trinajstić information content (AvgIpc) is 3.27. The standard InChI is InChI=1S/C24H32N2O5/c1-15(2)12-19(21-23(28)31-24(4,5)30-21)22(27)26-10-9-25(14-16(26)3)18-6-7-20-17(13-18)8-11-29-20/h6-8,11,13,15-16,19,21H,9-10,12,14H2,1-5H3/t16-,19+,21+/m1/s1. The van der Waals surface area contributed by atoms with Crippen molar-refractivity contribution in [2.75, 3.05) is 24.5 Å². The summed E-state index contributed by atoms with van der Waals surface area (Å²) in [6, 6.07) is 8.13. The van der Waals surface area contributed by atoms with Crippen molar-refractivity contribution in [3.63, 3.8) is 0 Å². The van der Waals surface area contributed by atoms with E-state index in [1.165, 1.54) is 0 Å². The van der Waals surface area contributed by atoms with Crippen LogP contribution in [0.3, 0.4) is 0 Å². The summed E-state index contributed by atoms with van der Waals surface area (Å²) >= 11 is 0. The Bertz CT molecular complexity index is 966. The molecule has 3 heterocycles. The molecule has 1 aromatic heterocycles. The molecule has 7 nitrogen and oxygen atoms in total. The first kappa shape index (κ1) is 21.7. The monoisotopic (exact) mass is 428 g/mol. The Balaban J connectivity index is 1.49. The third-order valence-corrected chi connectivity index (χ3v) is 6.11. The number of rotatable bonds is 5. The van der Waals surface area contributed by atoms with Gasteiger partial charge < -0.3 is 23.7 Å². The zero-order valence-electron chi connectivity index (χ0n) is 19.0. The first-order valence-electron chi connectivity index (χ1n) is 11.1. The zero-order chi connectivity index (χ0) is 22.3. The van der Waals surface area contributed by atoms with Crippen LogP contribution in [0.1, 0.15) is 41.0 Å². The molecular weight excluding hydrogens is 396 g/mol. The molecule has 2 saturated heterocycles. The van der Waals surface area contributed by atoms with Crippen LogP contribution in [0.25, 0.3) is 11.0 Å². The van der Waals surface area contributed by atoms with E-state index in [2.05, 4.69) is 37.8 Å². The highest BCUT2D eigenvalue weighted by Gasteiger charge is 2.49. The van der Waals surface area contributed by atoms with Crippen molar-refractivity contribution >= 4 is 28.5 Å². The second-order valence-electron chi connectivity index (χ2n) is 9.56. The minimum absolute atomic E-state index is 0.0152. The molecule has 168 valence electrons. The summed E-state index contributed by atoms with van der Waals surface area (Å²) in [6.45, 7) is 11.6. The van der Waals surface area contributed by atoms with Crippen LogP contribution >= 0.6 is 0 Å². The predicted octanol–water partition coefficient (Wildman–Crippen LogP) is 3.81. The van der Waals surface area contributed by atoms with E-state index in [0.29, 0.717) is 13.0 Å². The molecule has 1 amide bonds. The molecule has 0 aliphatic carbocycles. The maximum absolute atomic E-state index is 13.6. The van der Waals surface area contributed by atoms with Gasteiger partial charge in [0.25, 0.3) is 0 Å². The molecule has 2 aromatic rings. The molecule has 4 rings (SSSR count). The van der Waals surface area contributed by atoms with Gasteiger partial charge in [0.1, 0.15) is 5.58 Å². The van der Waals surface area contributed by atoms with Gasteiger partial charge in [0.05, 0.1) is 12.2 Å². The Labute approximate surface area is 183 Å². The molecule has 7 heteroatoms. The SMILES string of the molecule is CC(C)C[C@H](C(=O)N1CCN(c2ccc3occc3c2)C[C@H]1C)[C@@H]1OC(C)(C)OC1=O. The molecule has 0 spiro atoms. The van der Waals surface area contributed by atoms with Crippen molar-refractivity contribution in [2.24, 2.45) is 11.8 Å². The molecule has 0 radical (unpaired) electrons. The van der Waals surface area contributed by atoms with E-state index in [0.717, 1.165) is 29.7 Å². The van der Waals surface area contributed by atoms with Gasteiger partial charge in [-0.1, -0.05) is 13.8 Å². The van der Waals surface area contributed by atoms with Crippen LogP contribution in [0, 0.1) is 11.8 Å². The molecule has 2 aliphatic heterocycles. The summed E-state index contributed by atoms with van der Waals surface area (Å²) in [4.78, 5) is 30.2. The molecular formula is C24H32N2O5. The summed E-state index contributed by atoms with van der Waals surface area (Å²) in [5, 5.41) is 1.07. The van der Waals surface area contributed by atoms with Gasteiger partial charge >= 0.3 is 5.97 Å². The van der Waals surface area contributed by atoms with Crippen LogP contribution in [-0.4, -0.2) is 54.3 Å². The summed E-state index contributed by atoms with van der Waals surface area (Å²) in [5.41, 5.74) is 1.99. The summed E-state index contributed by atoms with van der Waals surface area (Å²) in [5.74, 6) is -1.74. The summed E-state index contributed by atoms with van der Waals surface area (Å²) < 4.78 is 16.6. The lowest BCUT2D eigenvalue weighted by Gasteiger charge is -2.42. The van der Waals surface area contributed by atoms with Gasteiger partial charge in [0.2, 0.25) is 11.7 Å². The van der Waals surface area contributed by atoms with Crippen molar-refractivity contribution in [1.82, 2.24) is 4.90 Å². The van der Waals surface area contributed by atoms with Gasteiger partial charge in [-0.25, -0.2) is 4.79 Å². The normalized spacial score (nSPS) is 24.6.